The van der Waals surface area contributed by atoms with E-state index in [1.807, 2.05) is 6.07 Å². The number of aromatic amines is 1. The summed E-state index contributed by atoms with van der Waals surface area (Å²) >= 11 is 0. The average molecular weight is 1100 g/mol. The molecule has 0 aliphatic heterocycles. The van der Waals surface area contributed by atoms with Crippen LogP contribution >= 0.6 is 0 Å². The third-order valence-corrected chi connectivity index (χ3v) is 16.0. The van der Waals surface area contributed by atoms with Crippen molar-refractivity contribution in [2.24, 2.45) is 0 Å². The van der Waals surface area contributed by atoms with E-state index in [4.69, 9.17) is 29.8 Å². The number of nitrogen functional groups attached to an aromatic ring is 1. The number of nitrogens with two attached hydrogens (primary N) is 1. The largest absolute Gasteiger partial charge is 0.497 e. The lowest BCUT2D eigenvalue weighted by Crippen LogP contribution is -2.58. The van der Waals surface area contributed by atoms with Crippen LogP contribution in [0.1, 0.15) is 43.0 Å². The number of carbonyl (C=O) groups is 2. The number of amides is 2. The van der Waals surface area contributed by atoms with E-state index in [1.165, 1.54) is 25.1 Å². The molecule has 408 valence electrons. The van der Waals surface area contributed by atoms with Gasteiger partial charge in [-0.15, -0.1) is 10.2 Å². The molecular weight excluding hydrogens is 1040 g/mol. The molecule has 6 aromatic carbocycles. The lowest BCUT2D eigenvalue weighted by molar-refractivity contribution is 0.0689. The maximum Gasteiger partial charge on any atom is 0.408 e. The second kappa shape index (κ2) is 23.8. The molecule has 0 fully saturated rings. The highest BCUT2D eigenvalue weighted by atomic mass is 32.2. The molecule has 1 unspecified atom stereocenters. The highest BCUT2D eigenvalue weighted by Crippen LogP contribution is 2.43. The number of benzene rings is 6. The topological polar surface area (TPSA) is 288 Å². The normalized spacial score (nSPS) is 12.3. The molecule has 0 saturated carbocycles. The third-order valence-electron chi connectivity index (χ3n) is 12.5. The Labute approximate surface area is 451 Å². The quantitative estimate of drug-likeness (QED) is 0.0445. The van der Waals surface area contributed by atoms with Crippen molar-refractivity contribution >= 4 is 49.2 Å². The molecule has 0 radical (unpaired) electrons. The number of hydrogen-bond donors (Lipinski definition) is 5. The Bertz CT molecular complexity index is 3560. The highest BCUT2D eigenvalue weighted by molar-refractivity contribution is 7.92. The molecule has 8 aromatic rings. The maximum atomic E-state index is 16.4. The number of para-hydroxylation sites is 1. The number of aromatic nitrogens is 6. The summed E-state index contributed by atoms with van der Waals surface area (Å²) in [5.41, 5.74) is 8.53. The van der Waals surface area contributed by atoms with E-state index in [-0.39, 0.29) is 49.1 Å². The summed E-state index contributed by atoms with van der Waals surface area (Å²) in [5.74, 6) is 1.42. The summed E-state index contributed by atoms with van der Waals surface area (Å²) in [6.07, 6.45) is -2.32. The second-order valence-electron chi connectivity index (χ2n) is 18.9. The molecule has 0 aliphatic carbocycles. The number of carboxylic acid groups (broad SMARTS) is 1. The summed E-state index contributed by atoms with van der Waals surface area (Å²) in [6.45, 7) is 3.12. The van der Waals surface area contributed by atoms with Crippen LogP contribution < -0.4 is 30.0 Å². The van der Waals surface area contributed by atoms with E-state index in [2.05, 4.69) is 30.3 Å². The monoisotopic (exact) mass is 1100 g/mol. The Hall–Kier alpha value is -8.58. The molecule has 22 nitrogen and oxygen atoms in total. The van der Waals surface area contributed by atoms with E-state index in [0.717, 1.165) is 20.8 Å². The Kier molecular flexibility index (Phi) is 16.9. The van der Waals surface area contributed by atoms with Gasteiger partial charge in [0.1, 0.15) is 33.6 Å². The van der Waals surface area contributed by atoms with Crippen LogP contribution in [0, 0.1) is 0 Å². The van der Waals surface area contributed by atoms with Gasteiger partial charge in [0.05, 0.1) is 50.5 Å². The standard InChI is InChI=1S/C54H59N11O11S2/c1-54(2,3)65(53(67)68)39(29-56-52(66)76-34-38-11-8-7-9-12-38)30-57-77(69,70)46-28-27-43(44-13-10-14-45-48(44)59-51(55)58-45)47(50-60-62-64(61-50)33-37-19-25-42(75-6)26-20-37)49(46)78(71,72)63(31-35-15-21-40(73-4)22-16-35)32-36-17-23-41(74-5)24-18-36/h7-28,39,57H,29-34H2,1-6H3,(H,56,66)(H,67,68)(H3,55,58,59). The smallest absolute Gasteiger partial charge is 0.408 e. The summed E-state index contributed by atoms with van der Waals surface area (Å²) < 4.78 is 88.9. The number of anilines is 1. The van der Waals surface area contributed by atoms with Crippen LogP contribution in [0.25, 0.3) is 33.5 Å². The van der Waals surface area contributed by atoms with Crippen molar-refractivity contribution in [3.05, 3.63) is 156 Å². The molecule has 24 heteroatoms. The summed E-state index contributed by atoms with van der Waals surface area (Å²) in [4.78, 5) is 34.4. The minimum absolute atomic E-state index is 0.0584. The Morgan fingerprint density at radius 3 is 1.88 bits per heavy atom. The van der Waals surface area contributed by atoms with Crippen molar-refractivity contribution in [2.75, 3.05) is 40.2 Å². The first-order valence-electron chi connectivity index (χ1n) is 24.3. The van der Waals surface area contributed by atoms with Gasteiger partial charge < -0.3 is 40.1 Å². The second-order valence-corrected chi connectivity index (χ2v) is 22.5. The minimum Gasteiger partial charge on any atom is -0.497 e. The van der Waals surface area contributed by atoms with E-state index in [9.17, 15) is 14.7 Å². The predicted molar refractivity (Wildman–Crippen MR) is 290 cm³/mol. The zero-order valence-electron chi connectivity index (χ0n) is 43.6. The number of nitrogens with one attached hydrogen (secondary N) is 3. The van der Waals surface area contributed by atoms with Crippen LogP contribution in [0.15, 0.2) is 143 Å². The van der Waals surface area contributed by atoms with Gasteiger partial charge in [-0.1, -0.05) is 84.9 Å². The number of H-pyrrole nitrogens is 1. The number of hydrogen-bond acceptors (Lipinski definition) is 15. The summed E-state index contributed by atoms with van der Waals surface area (Å²) in [5, 5.41) is 26.7. The fourth-order valence-corrected chi connectivity index (χ4v) is 12.3. The number of fused-ring (bicyclic) bond motifs is 1. The number of methoxy groups -OCH3 is 3. The minimum atomic E-state index is -5.11. The van der Waals surface area contributed by atoms with Crippen molar-refractivity contribution in [2.45, 2.75) is 68.4 Å². The number of imidazole rings is 1. The molecule has 0 saturated heterocycles. The fourth-order valence-electron chi connectivity index (χ4n) is 8.78. The highest BCUT2D eigenvalue weighted by Gasteiger charge is 2.40. The molecule has 0 aliphatic rings. The van der Waals surface area contributed by atoms with E-state index in [1.54, 1.807) is 143 Å². The Morgan fingerprint density at radius 1 is 0.731 bits per heavy atom. The van der Waals surface area contributed by atoms with E-state index < -0.39 is 66.7 Å². The van der Waals surface area contributed by atoms with Gasteiger partial charge in [-0.25, -0.2) is 36.1 Å². The number of nitrogens with zero attached hydrogens (tertiary/aromatic N) is 7. The number of alkyl carbamates (subject to hydrolysis) is 1. The maximum absolute atomic E-state index is 16.4. The zero-order chi connectivity index (χ0) is 55.8. The molecule has 8 rings (SSSR count). The molecule has 0 bridgehead atoms. The molecule has 2 amide bonds. The number of tetrazole rings is 1. The van der Waals surface area contributed by atoms with Gasteiger partial charge in [-0.05, 0) is 102 Å². The van der Waals surface area contributed by atoms with Crippen LogP contribution in [0.2, 0.25) is 0 Å². The fraction of sp³-hybridized carbons (Fsp3) is 0.259. The molecule has 2 aromatic heterocycles. The third kappa shape index (κ3) is 13.0. The van der Waals surface area contributed by atoms with Crippen LogP contribution in [-0.4, -0.2) is 120 Å². The van der Waals surface area contributed by atoms with Crippen molar-refractivity contribution in [1.29, 1.82) is 0 Å². The number of ether oxygens (including phenoxy) is 4. The van der Waals surface area contributed by atoms with Crippen LogP contribution in [0.5, 0.6) is 17.2 Å². The molecular formula is C54H59N11O11S2. The predicted octanol–water partition coefficient (Wildman–Crippen LogP) is 7.28. The lowest BCUT2D eigenvalue weighted by atomic mass is 9.98. The Balaban J connectivity index is 1.32. The Morgan fingerprint density at radius 2 is 1.32 bits per heavy atom. The van der Waals surface area contributed by atoms with Crippen LogP contribution in [0.4, 0.5) is 15.5 Å². The zero-order valence-corrected chi connectivity index (χ0v) is 45.2. The van der Waals surface area contributed by atoms with Crippen molar-refractivity contribution in [3.63, 3.8) is 0 Å². The number of sulfonamides is 2. The van der Waals surface area contributed by atoms with Gasteiger partial charge in [0.25, 0.3) is 0 Å². The van der Waals surface area contributed by atoms with Gasteiger partial charge in [0.2, 0.25) is 25.9 Å². The molecule has 6 N–H and O–H groups in total. The summed E-state index contributed by atoms with van der Waals surface area (Å²) in [7, 11) is -5.63. The number of carbonyl (C=O) groups excluding carboxylic acids is 1. The van der Waals surface area contributed by atoms with Crippen LogP contribution in [-0.2, 0) is 51.0 Å². The van der Waals surface area contributed by atoms with Gasteiger partial charge >= 0.3 is 12.2 Å². The van der Waals surface area contributed by atoms with Crippen molar-refractivity contribution < 1.29 is 50.5 Å². The SMILES string of the molecule is COc1ccc(CN(Cc2ccc(OC)cc2)S(=O)(=O)c2c(S(=O)(=O)NCC(CNC(=O)OCc3ccccc3)N(C(=O)O)C(C)(C)C)ccc(-c3cccc4[nH]c(N)nc34)c2-c2nnn(Cc3ccc(OC)cc3)n2)cc1. The molecule has 2 heterocycles. The lowest BCUT2D eigenvalue weighted by Gasteiger charge is -2.39. The van der Waals surface area contributed by atoms with E-state index in [0.29, 0.717) is 50.5 Å². The number of rotatable bonds is 22. The molecule has 0 spiro atoms. The first kappa shape index (κ1) is 55.6. The van der Waals surface area contributed by atoms with E-state index >= 15 is 16.8 Å². The van der Waals surface area contributed by atoms with Gasteiger partial charge in [0, 0.05) is 37.3 Å². The van der Waals surface area contributed by atoms with Gasteiger partial charge in [0.15, 0.2) is 5.95 Å². The van der Waals surface area contributed by atoms with Crippen molar-refractivity contribution in [1.82, 2.24) is 49.4 Å². The summed E-state index contributed by atoms with van der Waals surface area (Å²) in [6, 6.07) is 35.8. The van der Waals surface area contributed by atoms with Crippen LogP contribution in [0.3, 0.4) is 0 Å². The van der Waals surface area contributed by atoms with Crippen molar-refractivity contribution in [3.8, 4) is 39.8 Å². The first-order valence-corrected chi connectivity index (χ1v) is 27.3. The molecule has 1 atom stereocenters. The average Bonchev–Trinajstić information content (AvgIpc) is 4.22. The molecule has 78 heavy (non-hydrogen) atoms. The van der Waals surface area contributed by atoms with Gasteiger partial charge in [-0.3, -0.25) is 4.90 Å². The van der Waals surface area contributed by atoms with Gasteiger partial charge in [-0.2, -0.15) is 9.10 Å². The first-order chi connectivity index (χ1) is 37.3.